The molecule has 82 valence electrons. The SMILES string of the molecule is Nc1cc(Nc2ccc(Cl)cc2I)ncn1. The van der Waals surface area contributed by atoms with Gasteiger partial charge in [0.15, 0.2) is 0 Å². The van der Waals surface area contributed by atoms with Crippen LogP contribution in [0.2, 0.25) is 5.02 Å². The van der Waals surface area contributed by atoms with Crippen molar-refractivity contribution in [2.75, 3.05) is 11.1 Å². The second-order valence-corrected chi connectivity index (χ2v) is 4.68. The van der Waals surface area contributed by atoms with Crippen molar-refractivity contribution in [1.29, 1.82) is 0 Å². The molecule has 1 aromatic carbocycles. The molecule has 6 heteroatoms. The van der Waals surface area contributed by atoms with E-state index in [-0.39, 0.29) is 0 Å². The van der Waals surface area contributed by atoms with Crippen LogP contribution in [0.5, 0.6) is 0 Å². The summed E-state index contributed by atoms with van der Waals surface area (Å²) in [6.45, 7) is 0. The first kappa shape index (κ1) is 11.4. The molecule has 0 atom stereocenters. The number of halogens is 2. The van der Waals surface area contributed by atoms with Crippen molar-refractivity contribution in [3.63, 3.8) is 0 Å². The molecule has 0 saturated heterocycles. The number of rotatable bonds is 2. The molecule has 0 spiro atoms. The van der Waals surface area contributed by atoms with Crippen molar-refractivity contribution in [2.24, 2.45) is 0 Å². The highest BCUT2D eigenvalue weighted by molar-refractivity contribution is 14.1. The molecular formula is C10H8ClIN4. The third-order valence-electron chi connectivity index (χ3n) is 1.88. The van der Waals surface area contributed by atoms with E-state index < -0.39 is 0 Å². The first-order chi connectivity index (χ1) is 7.65. The predicted molar refractivity (Wildman–Crippen MR) is 73.9 cm³/mol. The lowest BCUT2D eigenvalue weighted by molar-refractivity contribution is 1.17. The largest absolute Gasteiger partial charge is 0.384 e. The number of nitrogens with one attached hydrogen (secondary N) is 1. The lowest BCUT2D eigenvalue weighted by Gasteiger charge is -2.07. The Hall–Kier alpha value is -1.08. The van der Waals surface area contributed by atoms with E-state index in [0.717, 1.165) is 9.26 Å². The molecule has 1 aromatic heterocycles. The van der Waals surface area contributed by atoms with E-state index in [1.807, 2.05) is 18.2 Å². The highest BCUT2D eigenvalue weighted by Gasteiger charge is 2.02. The van der Waals surface area contributed by atoms with Gasteiger partial charge in [-0.05, 0) is 40.8 Å². The average Bonchev–Trinajstić information content (AvgIpc) is 2.22. The lowest BCUT2D eigenvalue weighted by atomic mass is 10.3. The van der Waals surface area contributed by atoms with Gasteiger partial charge in [0, 0.05) is 14.7 Å². The quantitative estimate of drug-likeness (QED) is 0.820. The van der Waals surface area contributed by atoms with Crippen molar-refractivity contribution in [3.8, 4) is 0 Å². The van der Waals surface area contributed by atoms with E-state index in [2.05, 4.69) is 37.9 Å². The number of nitrogens with zero attached hydrogens (tertiary/aromatic N) is 2. The summed E-state index contributed by atoms with van der Waals surface area (Å²) in [5, 5.41) is 3.85. The summed E-state index contributed by atoms with van der Waals surface area (Å²) in [7, 11) is 0. The summed E-state index contributed by atoms with van der Waals surface area (Å²) >= 11 is 8.07. The Balaban J connectivity index is 2.27. The fourth-order valence-corrected chi connectivity index (χ4v) is 2.18. The van der Waals surface area contributed by atoms with Gasteiger partial charge < -0.3 is 11.1 Å². The minimum absolute atomic E-state index is 0.432. The standard InChI is InChI=1S/C10H8ClIN4/c11-6-1-2-8(7(12)3-6)16-10-4-9(13)14-5-15-10/h1-5H,(H3,13,14,15,16). The van der Waals surface area contributed by atoms with Gasteiger partial charge in [0.25, 0.3) is 0 Å². The topological polar surface area (TPSA) is 63.8 Å². The molecule has 2 rings (SSSR count). The van der Waals surface area contributed by atoms with Gasteiger partial charge in [0.05, 0.1) is 5.69 Å². The van der Waals surface area contributed by atoms with Crippen LogP contribution in [0.4, 0.5) is 17.3 Å². The van der Waals surface area contributed by atoms with Gasteiger partial charge in [-0.1, -0.05) is 11.6 Å². The molecule has 0 aliphatic heterocycles. The van der Waals surface area contributed by atoms with Crippen molar-refractivity contribution in [1.82, 2.24) is 9.97 Å². The van der Waals surface area contributed by atoms with E-state index in [0.29, 0.717) is 16.7 Å². The fourth-order valence-electron chi connectivity index (χ4n) is 1.17. The average molecular weight is 347 g/mol. The Morgan fingerprint density at radius 1 is 1.25 bits per heavy atom. The molecule has 0 saturated carbocycles. The Labute approximate surface area is 111 Å². The Morgan fingerprint density at radius 2 is 2.06 bits per heavy atom. The van der Waals surface area contributed by atoms with Crippen molar-refractivity contribution < 1.29 is 0 Å². The second-order valence-electron chi connectivity index (χ2n) is 3.08. The number of anilines is 3. The van der Waals surface area contributed by atoms with Gasteiger partial charge in [-0.25, -0.2) is 9.97 Å². The maximum absolute atomic E-state index is 5.87. The second kappa shape index (κ2) is 4.84. The van der Waals surface area contributed by atoms with Crippen LogP contribution >= 0.6 is 34.2 Å². The van der Waals surface area contributed by atoms with Crippen molar-refractivity contribution >= 4 is 51.5 Å². The van der Waals surface area contributed by atoms with E-state index in [4.69, 9.17) is 17.3 Å². The minimum Gasteiger partial charge on any atom is -0.384 e. The third kappa shape index (κ3) is 2.73. The first-order valence-electron chi connectivity index (χ1n) is 4.45. The smallest absolute Gasteiger partial charge is 0.135 e. The summed E-state index contributed by atoms with van der Waals surface area (Å²) in [4.78, 5) is 7.88. The molecule has 2 aromatic rings. The molecule has 0 aliphatic rings. The molecule has 0 unspecified atom stereocenters. The zero-order valence-electron chi connectivity index (χ0n) is 8.11. The highest BCUT2D eigenvalue weighted by Crippen LogP contribution is 2.24. The number of hydrogen-bond acceptors (Lipinski definition) is 4. The van der Waals surface area contributed by atoms with E-state index in [1.54, 1.807) is 6.07 Å². The number of benzene rings is 1. The van der Waals surface area contributed by atoms with Gasteiger partial charge in [-0.15, -0.1) is 0 Å². The molecule has 0 radical (unpaired) electrons. The number of nitrogens with two attached hydrogens (primary N) is 1. The Morgan fingerprint density at radius 3 is 2.75 bits per heavy atom. The highest BCUT2D eigenvalue weighted by atomic mass is 127. The van der Waals surface area contributed by atoms with Crippen molar-refractivity contribution in [3.05, 3.63) is 39.2 Å². The Kier molecular flexibility index (Phi) is 3.45. The van der Waals surface area contributed by atoms with E-state index in [9.17, 15) is 0 Å². The first-order valence-corrected chi connectivity index (χ1v) is 5.90. The lowest BCUT2D eigenvalue weighted by Crippen LogP contribution is -1.98. The van der Waals surface area contributed by atoms with Crippen LogP contribution in [0.3, 0.4) is 0 Å². The molecule has 0 bridgehead atoms. The monoisotopic (exact) mass is 346 g/mol. The van der Waals surface area contributed by atoms with Crippen LogP contribution < -0.4 is 11.1 Å². The van der Waals surface area contributed by atoms with Gasteiger partial charge in [-0.2, -0.15) is 0 Å². The molecule has 16 heavy (non-hydrogen) atoms. The maximum atomic E-state index is 5.87. The zero-order chi connectivity index (χ0) is 11.5. The van der Waals surface area contributed by atoms with E-state index in [1.165, 1.54) is 6.33 Å². The number of hydrogen-bond donors (Lipinski definition) is 2. The van der Waals surface area contributed by atoms with Crippen molar-refractivity contribution in [2.45, 2.75) is 0 Å². The summed E-state index contributed by atoms with van der Waals surface area (Å²) in [6.07, 6.45) is 1.42. The van der Waals surface area contributed by atoms with Gasteiger partial charge >= 0.3 is 0 Å². The molecule has 0 aliphatic carbocycles. The third-order valence-corrected chi connectivity index (χ3v) is 3.01. The van der Waals surface area contributed by atoms with Gasteiger partial charge in [0.2, 0.25) is 0 Å². The van der Waals surface area contributed by atoms with Crippen LogP contribution in [0.15, 0.2) is 30.6 Å². The molecule has 4 nitrogen and oxygen atoms in total. The molecular weight excluding hydrogens is 338 g/mol. The minimum atomic E-state index is 0.432. The number of nitrogen functional groups attached to an aromatic ring is 1. The van der Waals surface area contributed by atoms with E-state index >= 15 is 0 Å². The molecule has 0 amide bonds. The predicted octanol–water partition coefficient (Wildman–Crippen LogP) is 3.06. The summed E-state index contributed by atoms with van der Waals surface area (Å²) in [5.74, 6) is 1.09. The molecule has 0 fully saturated rings. The maximum Gasteiger partial charge on any atom is 0.135 e. The van der Waals surface area contributed by atoms with Crippen LogP contribution in [0.1, 0.15) is 0 Å². The molecule has 3 N–H and O–H groups in total. The summed E-state index contributed by atoms with van der Waals surface area (Å²) in [6, 6.07) is 7.25. The molecule has 1 heterocycles. The van der Waals surface area contributed by atoms with Gasteiger partial charge in [0.1, 0.15) is 18.0 Å². The summed E-state index contributed by atoms with van der Waals surface area (Å²) in [5.41, 5.74) is 6.49. The Bertz CT molecular complexity index is 518. The van der Waals surface area contributed by atoms with Crippen LogP contribution in [0.25, 0.3) is 0 Å². The van der Waals surface area contributed by atoms with Crippen LogP contribution in [-0.4, -0.2) is 9.97 Å². The van der Waals surface area contributed by atoms with Gasteiger partial charge in [-0.3, -0.25) is 0 Å². The number of aromatic nitrogens is 2. The normalized spacial score (nSPS) is 10.1. The van der Waals surface area contributed by atoms with Crippen LogP contribution in [-0.2, 0) is 0 Å². The zero-order valence-corrected chi connectivity index (χ0v) is 11.0. The van der Waals surface area contributed by atoms with Crippen LogP contribution in [0, 0.1) is 3.57 Å². The fraction of sp³-hybridized carbons (Fsp3) is 0. The summed E-state index contributed by atoms with van der Waals surface area (Å²) < 4.78 is 1.02.